The quantitative estimate of drug-likeness (QED) is 0.240. The van der Waals surface area contributed by atoms with E-state index in [1.807, 2.05) is 18.2 Å². The highest BCUT2D eigenvalue weighted by atomic mass is 35.5. The standard InChI is InChI=1S/C37H29ClN2O2/c38-29-18-19-33(32(20-29)37(42)26-10-2-1-3-11-26)39-34(41)23-40-21-27-16-14-24-8-4-6-12-30(24)35(27)36-28(22-40)17-15-25-9-5-7-13-31(25)36/h1-4,6,8-20H,5,7,21-23H2,(H,39,41). The lowest BCUT2D eigenvalue weighted by molar-refractivity contribution is -0.117. The molecule has 2 aliphatic rings. The van der Waals surface area contributed by atoms with Crippen LogP contribution < -0.4 is 15.8 Å². The molecule has 0 unspecified atom stereocenters. The highest BCUT2D eigenvalue weighted by Gasteiger charge is 2.25. The Bertz CT molecular complexity index is 2000. The highest BCUT2D eigenvalue weighted by molar-refractivity contribution is 6.31. The van der Waals surface area contributed by atoms with Crippen molar-refractivity contribution in [2.24, 2.45) is 0 Å². The summed E-state index contributed by atoms with van der Waals surface area (Å²) in [5.74, 6) is -0.362. The summed E-state index contributed by atoms with van der Waals surface area (Å²) in [5.41, 5.74) is 6.35. The van der Waals surface area contributed by atoms with Crippen LogP contribution in [0.15, 0.2) is 97.1 Å². The van der Waals surface area contributed by atoms with Crippen molar-refractivity contribution >= 4 is 51.9 Å². The number of halogens is 1. The average Bonchev–Trinajstić information content (AvgIpc) is 3.18. The second-order valence-corrected chi connectivity index (χ2v) is 11.4. The number of hydrogen-bond acceptors (Lipinski definition) is 3. The van der Waals surface area contributed by atoms with Gasteiger partial charge in [0.05, 0.1) is 12.2 Å². The minimum absolute atomic E-state index is 0.178. The Morgan fingerprint density at radius 2 is 1.50 bits per heavy atom. The van der Waals surface area contributed by atoms with Crippen LogP contribution >= 0.6 is 11.6 Å². The van der Waals surface area contributed by atoms with Crippen LogP contribution in [0.4, 0.5) is 5.69 Å². The third-order valence-corrected chi connectivity index (χ3v) is 8.44. The Morgan fingerprint density at radius 1 is 0.762 bits per heavy atom. The van der Waals surface area contributed by atoms with E-state index in [-0.39, 0.29) is 18.2 Å². The molecule has 1 aliphatic carbocycles. The SMILES string of the molecule is O=C(CN1Cc2ccc3c(c2-c2c(ccc4ccccc24)C1)=CCCC=3)Nc1ccc(Cl)cc1C(=O)c1ccccc1. The molecule has 0 saturated heterocycles. The van der Waals surface area contributed by atoms with Crippen LogP contribution in [0.25, 0.3) is 34.1 Å². The topological polar surface area (TPSA) is 49.4 Å². The Hall–Kier alpha value is -4.51. The first-order valence-corrected chi connectivity index (χ1v) is 14.7. The van der Waals surface area contributed by atoms with Gasteiger partial charge in [-0.25, -0.2) is 0 Å². The van der Waals surface area contributed by atoms with Crippen LogP contribution in [0.3, 0.4) is 0 Å². The summed E-state index contributed by atoms with van der Waals surface area (Å²) in [7, 11) is 0. The van der Waals surface area contributed by atoms with E-state index in [9.17, 15) is 9.59 Å². The van der Waals surface area contributed by atoms with E-state index >= 15 is 0 Å². The molecule has 1 N–H and O–H groups in total. The summed E-state index contributed by atoms with van der Waals surface area (Å²) in [6.07, 6.45) is 6.78. The zero-order valence-electron chi connectivity index (χ0n) is 23.1. The Labute approximate surface area is 249 Å². The fourth-order valence-corrected chi connectivity index (χ4v) is 6.49. The number of anilines is 1. The van der Waals surface area contributed by atoms with Gasteiger partial charge in [0.15, 0.2) is 5.78 Å². The van der Waals surface area contributed by atoms with Gasteiger partial charge in [0.2, 0.25) is 5.91 Å². The van der Waals surface area contributed by atoms with Crippen LogP contribution in [-0.4, -0.2) is 23.1 Å². The summed E-state index contributed by atoms with van der Waals surface area (Å²) < 4.78 is 0. The number of ketones is 1. The summed E-state index contributed by atoms with van der Waals surface area (Å²) in [6.45, 7) is 1.46. The van der Waals surface area contributed by atoms with Gasteiger partial charge in [-0.3, -0.25) is 14.5 Å². The first kappa shape index (κ1) is 26.4. The van der Waals surface area contributed by atoms with Gasteiger partial charge in [0, 0.05) is 29.2 Å². The van der Waals surface area contributed by atoms with E-state index in [0.29, 0.717) is 34.9 Å². The average molecular weight is 569 g/mol. The van der Waals surface area contributed by atoms with Crippen molar-refractivity contribution in [2.75, 3.05) is 11.9 Å². The van der Waals surface area contributed by atoms with Gasteiger partial charge >= 0.3 is 0 Å². The van der Waals surface area contributed by atoms with Crippen LogP contribution in [0, 0.1) is 0 Å². The molecule has 5 heteroatoms. The first-order valence-electron chi connectivity index (χ1n) is 14.3. The third kappa shape index (κ3) is 4.94. The van der Waals surface area contributed by atoms with Gasteiger partial charge in [-0.05, 0) is 74.5 Å². The molecular weight excluding hydrogens is 540 g/mol. The van der Waals surface area contributed by atoms with Gasteiger partial charge in [-0.1, -0.05) is 103 Å². The zero-order chi connectivity index (χ0) is 28.6. The number of nitrogens with one attached hydrogen (secondary N) is 1. The number of fused-ring (bicyclic) bond motifs is 7. The number of amides is 1. The Balaban J connectivity index is 1.24. The molecule has 7 rings (SSSR count). The molecule has 1 aliphatic heterocycles. The smallest absolute Gasteiger partial charge is 0.238 e. The van der Waals surface area contributed by atoms with Crippen LogP contribution in [0.2, 0.25) is 5.02 Å². The molecule has 0 atom stereocenters. The van der Waals surface area contributed by atoms with Gasteiger partial charge in [0.1, 0.15) is 0 Å². The van der Waals surface area contributed by atoms with Gasteiger partial charge in [-0.15, -0.1) is 0 Å². The lowest BCUT2D eigenvalue weighted by Crippen LogP contribution is -2.33. The predicted molar refractivity (Wildman–Crippen MR) is 171 cm³/mol. The summed E-state index contributed by atoms with van der Waals surface area (Å²) in [4.78, 5) is 29.0. The molecule has 0 radical (unpaired) electrons. The Kier molecular flexibility index (Phi) is 6.94. The second kappa shape index (κ2) is 11.1. The van der Waals surface area contributed by atoms with Crippen molar-refractivity contribution in [1.82, 2.24) is 4.90 Å². The summed E-state index contributed by atoms with van der Waals surface area (Å²) in [6, 6.07) is 31.4. The molecule has 0 spiro atoms. The van der Waals surface area contributed by atoms with E-state index in [4.69, 9.17) is 11.6 Å². The summed E-state index contributed by atoms with van der Waals surface area (Å²) >= 11 is 6.27. The van der Waals surface area contributed by atoms with E-state index in [2.05, 4.69) is 70.9 Å². The molecule has 0 bridgehead atoms. The number of carbonyl (C=O) groups is 2. The zero-order valence-corrected chi connectivity index (χ0v) is 23.8. The molecule has 0 saturated carbocycles. The molecule has 0 fully saturated rings. The van der Waals surface area contributed by atoms with Crippen molar-refractivity contribution in [3.8, 4) is 11.1 Å². The van der Waals surface area contributed by atoms with Crippen LogP contribution in [-0.2, 0) is 17.9 Å². The normalized spacial score (nSPS) is 14.0. The monoisotopic (exact) mass is 568 g/mol. The van der Waals surface area contributed by atoms with Crippen LogP contribution in [0.5, 0.6) is 0 Å². The lowest BCUT2D eigenvalue weighted by Gasteiger charge is -2.21. The largest absolute Gasteiger partial charge is 0.324 e. The van der Waals surface area contributed by atoms with Crippen molar-refractivity contribution < 1.29 is 9.59 Å². The van der Waals surface area contributed by atoms with E-state index in [1.54, 1.807) is 30.3 Å². The van der Waals surface area contributed by atoms with Crippen molar-refractivity contribution in [3.05, 3.63) is 135 Å². The van der Waals surface area contributed by atoms with E-state index in [0.717, 1.165) is 12.8 Å². The molecule has 4 nitrogen and oxygen atoms in total. The molecule has 0 aromatic heterocycles. The van der Waals surface area contributed by atoms with Crippen molar-refractivity contribution in [3.63, 3.8) is 0 Å². The van der Waals surface area contributed by atoms with Crippen molar-refractivity contribution in [2.45, 2.75) is 25.9 Å². The highest BCUT2D eigenvalue weighted by Crippen LogP contribution is 2.36. The van der Waals surface area contributed by atoms with E-state index < -0.39 is 0 Å². The van der Waals surface area contributed by atoms with E-state index in [1.165, 1.54) is 43.5 Å². The Morgan fingerprint density at radius 3 is 2.36 bits per heavy atom. The molecule has 1 amide bonds. The second-order valence-electron chi connectivity index (χ2n) is 11.0. The van der Waals surface area contributed by atoms with Gasteiger partial charge < -0.3 is 5.32 Å². The predicted octanol–water partition coefficient (Wildman–Crippen LogP) is 6.70. The van der Waals surface area contributed by atoms with Gasteiger partial charge in [0.25, 0.3) is 0 Å². The first-order chi connectivity index (χ1) is 20.5. The third-order valence-electron chi connectivity index (χ3n) is 8.20. The fraction of sp³-hybridized carbons (Fsp3) is 0.135. The number of nitrogens with zero attached hydrogens (tertiary/aromatic N) is 1. The number of rotatable bonds is 5. The van der Waals surface area contributed by atoms with Crippen LogP contribution in [0.1, 0.15) is 39.9 Å². The lowest BCUT2D eigenvalue weighted by atomic mass is 9.88. The molecule has 5 aromatic rings. The molecule has 5 aromatic carbocycles. The molecule has 42 heavy (non-hydrogen) atoms. The summed E-state index contributed by atoms with van der Waals surface area (Å²) in [5, 5.41) is 8.48. The number of carbonyl (C=O) groups excluding carboxylic acids is 2. The fourth-order valence-electron chi connectivity index (χ4n) is 6.32. The minimum Gasteiger partial charge on any atom is -0.324 e. The molecule has 1 heterocycles. The minimum atomic E-state index is -0.185. The maximum atomic E-state index is 13.5. The molecular formula is C37H29ClN2O2. The number of benzene rings is 5. The van der Waals surface area contributed by atoms with Gasteiger partial charge in [-0.2, -0.15) is 0 Å². The number of hydrogen-bond donors (Lipinski definition) is 1. The molecule has 206 valence electrons. The van der Waals surface area contributed by atoms with Crippen molar-refractivity contribution in [1.29, 1.82) is 0 Å². The maximum absolute atomic E-state index is 13.5. The maximum Gasteiger partial charge on any atom is 0.238 e.